The molecule has 19 nitrogen and oxygen atoms in total. The molecule has 2 saturated heterocycles. The normalized spacial score (nSPS) is 37.4. The minimum absolute atomic E-state index is 0.0379. The number of Topliss-reactive ketones (excluding diaryl/α,β-unsaturated/α-hetero) is 2. The monoisotopic (exact) mass is 1090 g/mol. The van der Waals surface area contributed by atoms with Gasteiger partial charge in [0.25, 0.3) is 11.7 Å². The Balaban J connectivity index is 1.26. The summed E-state index contributed by atoms with van der Waals surface area (Å²) in [7, 11) is 4.46. The number of fused-ring (bicyclic) bond motifs is 15. The molecule has 4 bridgehead atoms. The number of ether oxygens (including phenoxy) is 5. The average molecular weight is 1090 g/mol. The summed E-state index contributed by atoms with van der Waals surface area (Å²) in [4.78, 5) is 88.3. The number of aliphatic hydroxyl groups is 4. The first-order chi connectivity index (χ1) is 37.0. The van der Waals surface area contributed by atoms with Gasteiger partial charge in [-0.15, -0.1) is 0 Å². The van der Waals surface area contributed by atoms with Gasteiger partial charge < -0.3 is 49.0 Å². The van der Waals surface area contributed by atoms with Crippen LogP contribution in [0, 0.1) is 35.5 Å². The first kappa shape index (κ1) is 60.8. The molecule has 19 heteroatoms. The van der Waals surface area contributed by atoms with E-state index in [2.05, 4.69) is 0 Å². The summed E-state index contributed by atoms with van der Waals surface area (Å²) in [5.74, 6) is -8.67. The molecular formula is C59H86N4O15. The molecule has 6 aliphatic rings. The molecule has 1 aliphatic carbocycles. The summed E-state index contributed by atoms with van der Waals surface area (Å²) in [6.45, 7) is 12.5. The Bertz CT molecular complexity index is 2640. The second kappa shape index (κ2) is 26.2. The number of amides is 1. The average Bonchev–Trinajstić information content (AvgIpc) is 3.85. The van der Waals surface area contributed by atoms with Crippen molar-refractivity contribution in [1.29, 1.82) is 0 Å². The number of para-hydroxylation sites is 1. The lowest BCUT2D eigenvalue weighted by molar-refractivity contribution is -0.265. The highest BCUT2D eigenvalue weighted by atomic mass is 16.6. The van der Waals surface area contributed by atoms with Crippen molar-refractivity contribution < 1.29 is 63.3 Å². The molecule has 3 fully saturated rings. The van der Waals surface area contributed by atoms with Crippen LogP contribution in [-0.4, -0.2) is 151 Å². The van der Waals surface area contributed by atoms with Crippen molar-refractivity contribution in [2.75, 3.05) is 27.9 Å². The van der Waals surface area contributed by atoms with Crippen molar-refractivity contribution >= 4 is 23.4 Å². The zero-order chi connectivity index (χ0) is 56.9. The second-order valence-electron chi connectivity index (χ2n) is 23.3. The topological polar surface area (TPSA) is 248 Å². The molecule has 1 amide bonds. The summed E-state index contributed by atoms with van der Waals surface area (Å²) >= 11 is 0. The van der Waals surface area contributed by atoms with E-state index in [0.717, 1.165) is 9.47 Å². The molecule has 8 rings (SSSR count). The van der Waals surface area contributed by atoms with Crippen LogP contribution in [0.3, 0.4) is 0 Å². The van der Waals surface area contributed by atoms with Gasteiger partial charge >= 0.3 is 17.3 Å². The van der Waals surface area contributed by atoms with Gasteiger partial charge in [-0.3, -0.25) is 14.4 Å². The van der Waals surface area contributed by atoms with Gasteiger partial charge in [0, 0.05) is 52.6 Å². The number of methoxy groups -OCH3 is 3. The van der Waals surface area contributed by atoms with E-state index in [1.807, 2.05) is 45.9 Å². The Morgan fingerprint density at radius 1 is 0.769 bits per heavy atom. The zero-order valence-corrected chi connectivity index (χ0v) is 47.3. The van der Waals surface area contributed by atoms with E-state index in [4.69, 9.17) is 23.7 Å². The minimum atomic E-state index is -2.55. The molecule has 0 radical (unpaired) electrons. The maximum Gasteiger partial charge on any atom is 0.352 e. The van der Waals surface area contributed by atoms with Gasteiger partial charge in [0.15, 0.2) is 0 Å². The standard InChI is InChI=1S/C59H86N4O15/c1-33-26-37(5)51(66)53(76-10)52(67)38(6)27-34(2)47(65)32-49(35(3)28-40-20-24-46(64)50(30-40)75-9)77-56(70)45-18-14-15-25-60(45)55(69)54(68)59(73)39(7)19-22-43(78-59)31-48(74-8)36(4)29-42-21-23-44(33)63-58(72)61(57(71)62(42)63)41-16-12-11-13-17-41/h11-13,16-17,21,23,27,29,33-35,37,39-40,42-46,48-53,64,66-67,73H,14-15,18-20,22,24-26,28,30-32H2,1-10H3/b36-29?,38-27+/t33-,34+,35+,37+,39+,40-,42?,43-,44?,45-,46+,48-,49-,50+,51?,52+,53-,59+/m0/s1. The summed E-state index contributed by atoms with van der Waals surface area (Å²) in [5, 5.41) is 46.5. The number of carbonyl (C=O) groups excluding carboxylic acids is 4. The Kier molecular flexibility index (Phi) is 20.4. The second-order valence-corrected chi connectivity index (χ2v) is 23.3. The molecule has 1 aromatic heterocycles. The van der Waals surface area contributed by atoms with Crippen LogP contribution >= 0.6 is 0 Å². The van der Waals surface area contributed by atoms with Crippen molar-refractivity contribution in [2.45, 2.75) is 198 Å². The number of rotatable bonds is 7. The third-order valence-corrected chi connectivity index (χ3v) is 17.8. The zero-order valence-electron chi connectivity index (χ0n) is 47.3. The highest BCUT2D eigenvalue weighted by Gasteiger charge is 2.53. The van der Waals surface area contributed by atoms with Crippen LogP contribution in [0.5, 0.6) is 0 Å². The predicted octanol–water partition coefficient (Wildman–Crippen LogP) is 5.33. The minimum Gasteiger partial charge on any atom is -0.460 e. The summed E-state index contributed by atoms with van der Waals surface area (Å²) in [5.41, 5.74) is 0.264. The summed E-state index contributed by atoms with van der Waals surface area (Å²) in [6.07, 6.45) is 4.58. The van der Waals surface area contributed by atoms with Crippen LogP contribution in [-0.2, 0) is 42.9 Å². The van der Waals surface area contributed by atoms with E-state index in [1.54, 1.807) is 64.3 Å². The van der Waals surface area contributed by atoms with Gasteiger partial charge in [0.05, 0.1) is 48.3 Å². The van der Waals surface area contributed by atoms with Gasteiger partial charge in [0.2, 0.25) is 5.79 Å². The summed E-state index contributed by atoms with van der Waals surface area (Å²) in [6, 6.07) is 6.01. The third-order valence-electron chi connectivity index (χ3n) is 17.8. The fourth-order valence-electron chi connectivity index (χ4n) is 12.9. The Labute approximate surface area is 458 Å². The molecule has 6 heterocycles. The molecule has 3 unspecified atom stereocenters. The van der Waals surface area contributed by atoms with Crippen LogP contribution < -0.4 is 11.4 Å². The van der Waals surface area contributed by atoms with Crippen molar-refractivity contribution in [3.8, 4) is 5.69 Å². The van der Waals surface area contributed by atoms with E-state index >= 15 is 0 Å². The lowest BCUT2D eigenvalue weighted by atomic mass is 9.78. The van der Waals surface area contributed by atoms with Crippen molar-refractivity contribution in [2.24, 2.45) is 35.5 Å². The van der Waals surface area contributed by atoms with Gasteiger partial charge in [-0.25, -0.2) is 28.3 Å². The van der Waals surface area contributed by atoms with Crippen LogP contribution in [0.25, 0.3) is 5.69 Å². The molecule has 432 valence electrons. The number of hydrogen-bond donors (Lipinski definition) is 4. The number of allylic oxidation sites excluding steroid dienone is 4. The Morgan fingerprint density at radius 3 is 2.15 bits per heavy atom. The number of aromatic nitrogens is 3. The number of piperidine rings is 1. The van der Waals surface area contributed by atoms with Gasteiger partial charge in [0.1, 0.15) is 30.1 Å². The highest BCUT2D eigenvalue weighted by molar-refractivity contribution is 6.39. The van der Waals surface area contributed by atoms with E-state index in [9.17, 15) is 49.2 Å². The van der Waals surface area contributed by atoms with Crippen LogP contribution in [0.1, 0.15) is 138 Å². The molecule has 78 heavy (non-hydrogen) atoms. The van der Waals surface area contributed by atoms with Gasteiger partial charge in [-0.1, -0.05) is 77.1 Å². The number of hydrogen-bond acceptors (Lipinski definition) is 15. The van der Waals surface area contributed by atoms with Crippen LogP contribution in [0.2, 0.25) is 0 Å². The first-order valence-electron chi connectivity index (χ1n) is 28.2. The van der Waals surface area contributed by atoms with Gasteiger partial charge in [-0.2, -0.15) is 0 Å². The lowest BCUT2D eigenvalue weighted by Crippen LogP contribution is -2.61. The molecule has 5 aliphatic heterocycles. The van der Waals surface area contributed by atoms with Crippen molar-refractivity contribution in [1.82, 2.24) is 18.8 Å². The number of nitrogens with zero attached hydrogens (tertiary/aromatic N) is 4. The fraction of sp³-hybridized carbons (Fsp3) is 0.695. The molecular weight excluding hydrogens is 1000 g/mol. The maximum atomic E-state index is 14.6. The maximum absolute atomic E-state index is 14.6. The number of ketones is 2. The predicted molar refractivity (Wildman–Crippen MR) is 289 cm³/mol. The molecule has 2 aromatic rings. The smallest absolute Gasteiger partial charge is 0.352 e. The number of carbonyl (C=O) groups is 4. The quantitative estimate of drug-likeness (QED) is 0.156. The van der Waals surface area contributed by atoms with E-state index in [-0.39, 0.29) is 55.4 Å². The van der Waals surface area contributed by atoms with Gasteiger partial charge in [-0.05, 0) is 125 Å². The molecule has 1 aromatic carbocycles. The van der Waals surface area contributed by atoms with Crippen LogP contribution in [0.15, 0.2) is 75.4 Å². The van der Waals surface area contributed by atoms with Crippen LogP contribution in [0.4, 0.5) is 0 Å². The Morgan fingerprint density at radius 2 is 1.47 bits per heavy atom. The third kappa shape index (κ3) is 13.0. The first-order valence-corrected chi connectivity index (χ1v) is 28.2. The molecule has 1 saturated carbocycles. The number of esters is 1. The molecule has 0 spiro atoms. The largest absolute Gasteiger partial charge is 0.460 e. The SMILES string of the molecule is CO[C@H]1C[C@@H]2CC[C@@H](C)[C@@](O)(O2)C(=O)C(=O)N2CCCC[C@H]2C(=O)O[C@H]([C@H](C)C[C@@H]2CC[C@@H](O)[C@H](OC)C2)CC(=O)[C@H](C)/C=C(\C)[C@@H](O)[C@@H](OC)C(O)[C@H](C)C[C@H](C)C2C=CC(C=C1C)n1c(=O)n(-c3ccccc3)c(=O)n12. The highest BCUT2D eigenvalue weighted by Crippen LogP contribution is 2.39. The Hall–Kier alpha value is -4.86. The van der Waals surface area contributed by atoms with Crippen molar-refractivity contribution in [3.05, 3.63) is 86.8 Å². The lowest BCUT2D eigenvalue weighted by Gasteiger charge is -2.42. The van der Waals surface area contributed by atoms with Crippen molar-refractivity contribution in [3.63, 3.8) is 0 Å². The number of aliphatic hydroxyl groups excluding tert-OH is 3. The fourth-order valence-corrected chi connectivity index (χ4v) is 12.9. The molecule has 4 N–H and O–H groups in total. The van der Waals surface area contributed by atoms with E-state index < -0.39 is 113 Å². The van der Waals surface area contributed by atoms with E-state index in [1.165, 1.54) is 23.6 Å². The number of benzene rings is 1. The van der Waals surface area contributed by atoms with E-state index in [0.29, 0.717) is 74.6 Å². The molecule has 18 atom stereocenters. The summed E-state index contributed by atoms with van der Waals surface area (Å²) < 4.78 is 34.0.